The van der Waals surface area contributed by atoms with Gasteiger partial charge in [-0.15, -0.1) is 0 Å². The van der Waals surface area contributed by atoms with Gasteiger partial charge in [-0.25, -0.2) is 9.59 Å². The number of unbranched alkanes of at least 4 members (excludes halogenated alkanes) is 1. The summed E-state index contributed by atoms with van der Waals surface area (Å²) >= 11 is 0. The van der Waals surface area contributed by atoms with E-state index in [0.29, 0.717) is 12.8 Å². The van der Waals surface area contributed by atoms with Crippen molar-refractivity contribution >= 4 is 23.9 Å². The minimum Gasteiger partial charge on any atom is -0.461 e. The third-order valence-electron chi connectivity index (χ3n) is 5.82. The fraction of sp³-hybridized carbons (Fsp3) is 0.290. The van der Waals surface area contributed by atoms with E-state index in [1.54, 1.807) is 0 Å². The van der Waals surface area contributed by atoms with Gasteiger partial charge in [-0.1, -0.05) is 97.4 Å². The Balaban J connectivity index is 1.43. The number of carbonyl (C=O) groups is 4. The number of nitrogens with one attached hydrogen (secondary N) is 2. The summed E-state index contributed by atoms with van der Waals surface area (Å²) < 4.78 is 15.8. The molecule has 0 fully saturated rings. The molecule has 0 heterocycles. The van der Waals surface area contributed by atoms with Crippen LogP contribution in [0.25, 0.3) is 0 Å². The molecular weight excluding hydrogens is 512 g/mol. The van der Waals surface area contributed by atoms with Crippen LogP contribution in [-0.2, 0) is 48.4 Å². The number of hydrogen-bond donors (Lipinski definition) is 2. The fourth-order valence-corrected chi connectivity index (χ4v) is 3.66. The SMILES string of the molecule is O=C(NCC(=O)OCc1ccccc1)N[C@@H](CCCCC(=O)OCc1ccccc1)C(=O)OCc1ccccc1. The quantitative estimate of drug-likeness (QED) is 0.164. The molecule has 0 radical (unpaired) electrons. The van der Waals surface area contributed by atoms with Crippen LogP contribution < -0.4 is 10.6 Å². The van der Waals surface area contributed by atoms with E-state index in [1.807, 2.05) is 91.0 Å². The Labute approximate surface area is 233 Å². The Morgan fingerprint density at radius 1 is 0.600 bits per heavy atom. The highest BCUT2D eigenvalue weighted by Crippen LogP contribution is 2.10. The molecule has 0 unspecified atom stereocenters. The van der Waals surface area contributed by atoms with Crippen molar-refractivity contribution in [1.29, 1.82) is 0 Å². The van der Waals surface area contributed by atoms with Gasteiger partial charge in [0.1, 0.15) is 32.4 Å². The lowest BCUT2D eigenvalue weighted by atomic mass is 10.1. The summed E-state index contributed by atoms with van der Waals surface area (Å²) in [5.74, 6) is -1.57. The monoisotopic (exact) mass is 546 g/mol. The second-order valence-electron chi connectivity index (χ2n) is 9.01. The number of hydrogen-bond acceptors (Lipinski definition) is 7. The maximum absolute atomic E-state index is 12.8. The molecule has 3 aromatic carbocycles. The van der Waals surface area contributed by atoms with E-state index in [0.717, 1.165) is 16.7 Å². The smallest absolute Gasteiger partial charge is 0.329 e. The fourth-order valence-electron chi connectivity index (χ4n) is 3.66. The number of esters is 3. The van der Waals surface area contributed by atoms with Crippen LogP contribution in [0.3, 0.4) is 0 Å². The first-order valence-corrected chi connectivity index (χ1v) is 13.1. The van der Waals surface area contributed by atoms with Gasteiger partial charge < -0.3 is 24.8 Å². The van der Waals surface area contributed by atoms with Gasteiger partial charge in [-0.2, -0.15) is 0 Å². The molecule has 9 heteroatoms. The molecule has 0 aliphatic rings. The predicted octanol–water partition coefficient (Wildman–Crippen LogP) is 4.44. The lowest BCUT2D eigenvalue weighted by molar-refractivity contribution is -0.147. The summed E-state index contributed by atoms with van der Waals surface area (Å²) in [5, 5.41) is 4.98. The molecule has 9 nitrogen and oxygen atoms in total. The highest BCUT2D eigenvalue weighted by Gasteiger charge is 2.23. The van der Waals surface area contributed by atoms with Gasteiger partial charge in [-0.05, 0) is 29.5 Å². The standard InChI is InChI=1S/C31H34N2O7/c34-28(38-21-24-12-4-1-5-13-24)19-11-10-18-27(30(36)40-23-26-16-8-3-9-17-26)33-31(37)32-20-29(35)39-22-25-14-6-2-7-15-25/h1-9,12-17,27H,10-11,18-23H2,(H2,32,33,37)/t27-/m0/s1. The summed E-state index contributed by atoms with van der Waals surface area (Å²) in [6.45, 7) is -0.0242. The molecule has 1 atom stereocenters. The molecule has 210 valence electrons. The first-order chi connectivity index (χ1) is 19.5. The zero-order valence-electron chi connectivity index (χ0n) is 22.3. The van der Waals surface area contributed by atoms with Gasteiger partial charge in [0.05, 0.1) is 0 Å². The maximum Gasteiger partial charge on any atom is 0.329 e. The molecule has 0 aliphatic carbocycles. The van der Waals surface area contributed by atoms with Gasteiger partial charge in [0, 0.05) is 6.42 Å². The molecule has 3 aromatic rings. The van der Waals surface area contributed by atoms with Crippen LogP contribution in [0, 0.1) is 0 Å². The average Bonchev–Trinajstić information content (AvgIpc) is 2.99. The summed E-state index contributed by atoms with van der Waals surface area (Å²) in [6.07, 6.45) is 1.35. The van der Waals surface area contributed by atoms with Gasteiger partial charge in [-0.3, -0.25) is 9.59 Å². The molecule has 2 amide bonds. The average molecular weight is 547 g/mol. The molecule has 40 heavy (non-hydrogen) atoms. The van der Waals surface area contributed by atoms with Crippen molar-refractivity contribution < 1.29 is 33.4 Å². The van der Waals surface area contributed by atoms with Crippen LogP contribution in [0.5, 0.6) is 0 Å². The predicted molar refractivity (Wildman–Crippen MR) is 148 cm³/mol. The molecular formula is C31H34N2O7. The zero-order valence-corrected chi connectivity index (χ0v) is 22.3. The van der Waals surface area contributed by atoms with Crippen molar-refractivity contribution in [2.45, 2.75) is 51.5 Å². The topological polar surface area (TPSA) is 120 Å². The maximum atomic E-state index is 12.8. The van der Waals surface area contributed by atoms with E-state index in [4.69, 9.17) is 14.2 Å². The van der Waals surface area contributed by atoms with Crippen molar-refractivity contribution in [1.82, 2.24) is 10.6 Å². The number of rotatable bonds is 15. The Hall–Kier alpha value is -4.66. The molecule has 0 saturated heterocycles. The molecule has 0 aliphatic heterocycles. The summed E-state index contributed by atoms with van der Waals surface area (Å²) in [6, 6.07) is 26.0. The Bertz CT molecular complexity index is 1200. The lowest BCUT2D eigenvalue weighted by Gasteiger charge is -2.18. The van der Waals surface area contributed by atoms with E-state index in [1.165, 1.54) is 0 Å². The molecule has 0 bridgehead atoms. The summed E-state index contributed by atoms with van der Waals surface area (Å²) in [7, 11) is 0. The van der Waals surface area contributed by atoms with Gasteiger partial charge in [0.25, 0.3) is 0 Å². The van der Waals surface area contributed by atoms with Crippen LogP contribution in [0.4, 0.5) is 4.79 Å². The van der Waals surface area contributed by atoms with Crippen molar-refractivity contribution in [3.63, 3.8) is 0 Å². The van der Waals surface area contributed by atoms with Crippen LogP contribution >= 0.6 is 0 Å². The van der Waals surface area contributed by atoms with Crippen LogP contribution in [0.15, 0.2) is 91.0 Å². The molecule has 0 saturated carbocycles. The van der Waals surface area contributed by atoms with Gasteiger partial charge in [0.2, 0.25) is 0 Å². The van der Waals surface area contributed by atoms with E-state index in [-0.39, 0.29) is 45.2 Å². The summed E-state index contributed by atoms with van der Waals surface area (Å²) in [5.41, 5.74) is 2.53. The Kier molecular flexibility index (Phi) is 12.7. The second-order valence-corrected chi connectivity index (χ2v) is 9.01. The lowest BCUT2D eigenvalue weighted by Crippen LogP contribution is -2.47. The second kappa shape index (κ2) is 17.0. The normalized spacial score (nSPS) is 11.1. The Morgan fingerprint density at radius 2 is 1.07 bits per heavy atom. The van der Waals surface area contributed by atoms with Crippen molar-refractivity contribution in [2.24, 2.45) is 0 Å². The number of benzene rings is 3. The highest BCUT2D eigenvalue weighted by molar-refractivity contribution is 5.85. The molecule has 0 spiro atoms. The van der Waals surface area contributed by atoms with Crippen molar-refractivity contribution in [3.05, 3.63) is 108 Å². The third-order valence-corrected chi connectivity index (χ3v) is 5.82. The minimum atomic E-state index is -0.968. The van der Waals surface area contributed by atoms with Crippen molar-refractivity contribution in [3.8, 4) is 0 Å². The number of urea groups is 1. The number of ether oxygens (including phenoxy) is 3. The zero-order chi connectivity index (χ0) is 28.4. The molecule has 2 N–H and O–H groups in total. The van der Waals surface area contributed by atoms with Gasteiger partial charge in [0.15, 0.2) is 0 Å². The van der Waals surface area contributed by atoms with Crippen molar-refractivity contribution in [2.75, 3.05) is 6.54 Å². The third kappa shape index (κ3) is 11.8. The van der Waals surface area contributed by atoms with Crippen LogP contribution in [0.1, 0.15) is 42.4 Å². The molecule has 0 aromatic heterocycles. The van der Waals surface area contributed by atoms with E-state index in [9.17, 15) is 19.2 Å². The van der Waals surface area contributed by atoms with Crippen LogP contribution in [-0.4, -0.2) is 36.5 Å². The number of carbonyl (C=O) groups excluding carboxylic acids is 4. The van der Waals surface area contributed by atoms with E-state index >= 15 is 0 Å². The summed E-state index contributed by atoms with van der Waals surface area (Å²) in [4.78, 5) is 49.4. The van der Waals surface area contributed by atoms with Gasteiger partial charge >= 0.3 is 23.9 Å². The molecule has 3 rings (SSSR count). The first kappa shape index (κ1) is 29.9. The van der Waals surface area contributed by atoms with E-state index in [2.05, 4.69) is 10.6 Å². The first-order valence-electron chi connectivity index (χ1n) is 13.1. The largest absolute Gasteiger partial charge is 0.461 e. The van der Waals surface area contributed by atoms with E-state index < -0.39 is 24.0 Å². The minimum absolute atomic E-state index is 0.0527. The number of amides is 2. The highest BCUT2D eigenvalue weighted by atomic mass is 16.5. The Morgan fingerprint density at radius 3 is 1.60 bits per heavy atom. The van der Waals surface area contributed by atoms with Crippen LogP contribution in [0.2, 0.25) is 0 Å².